The lowest BCUT2D eigenvalue weighted by Crippen LogP contribution is -2.58. The van der Waals surface area contributed by atoms with Gasteiger partial charge in [0.1, 0.15) is 0 Å². The van der Waals surface area contributed by atoms with Crippen molar-refractivity contribution in [3.05, 3.63) is 0 Å². The van der Waals surface area contributed by atoms with Crippen LogP contribution >= 0.6 is 11.6 Å². The van der Waals surface area contributed by atoms with E-state index in [2.05, 4.69) is 0 Å². The molecule has 0 radical (unpaired) electrons. The lowest BCUT2D eigenvalue weighted by molar-refractivity contribution is 0.0655. The molecule has 1 rings (SSSR count). The number of hydrogen-bond donors (Lipinski definition) is 1. The first kappa shape index (κ1) is 11.1. The monoisotopic (exact) mass is 220 g/mol. The van der Waals surface area contributed by atoms with E-state index in [9.17, 15) is 9.59 Å². The van der Waals surface area contributed by atoms with Gasteiger partial charge in [0.05, 0.1) is 0 Å². The Morgan fingerprint density at radius 1 is 1.21 bits per heavy atom. The second-order valence-corrected chi connectivity index (χ2v) is 3.86. The molecule has 0 aromatic heterocycles. The van der Waals surface area contributed by atoms with Gasteiger partial charge in [0.15, 0.2) is 0 Å². The van der Waals surface area contributed by atoms with Crippen LogP contribution < -0.4 is 0 Å². The molecule has 0 aromatic rings. The Labute approximate surface area is 87.2 Å². The highest BCUT2D eigenvalue weighted by Gasteiger charge is 2.33. The largest absolute Gasteiger partial charge is 0.465 e. The molecule has 14 heavy (non-hydrogen) atoms. The number of halogens is 1. The van der Waals surface area contributed by atoms with Gasteiger partial charge in [0.25, 0.3) is 0 Å². The fraction of sp³-hybridized carbons (Fsp3) is 0.750. The van der Waals surface area contributed by atoms with Crippen molar-refractivity contribution in [3.8, 4) is 0 Å². The quantitative estimate of drug-likeness (QED) is 0.496. The summed E-state index contributed by atoms with van der Waals surface area (Å²) < 4.78 is 0. The summed E-state index contributed by atoms with van der Waals surface area (Å²) in [6.45, 7) is 4.21. The molecule has 2 amide bonds. The molecule has 0 unspecified atom stereocenters. The van der Waals surface area contributed by atoms with E-state index in [-0.39, 0.29) is 12.1 Å². The maximum Gasteiger partial charge on any atom is 0.407 e. The molecule has 1 fully saturated rings. The number of carbonyl (C=O) groups is 2. The van der Waals surface area contributed by atoms with Crippen LogP contribution in [-0.4, -0.2) is 51.5 Å². The molecule has 1 saturated heterocycles. The molecule has 0 saturated carbocycles. The predicted molar refractivity (Wildman–Crippen MR) is 51.6 cm³/mol. The topological polar surface area (TPSA) is 60.9 Å². The number of carbonyl (C=O) groups excluding carboxylic acids is 1. The third-order valence-corrected chi connectivity index (χ3v) is 2.67. The van der Waals surface area contributed by atoms with Crippen molar-refractivity contribution in [2.45, 2.75) is 25.9 Å². The van der Waals surface area contributed by atoms with Crippen LogP contribution in [0.1, 0.15) is 13.8 Å². The summed E-state index contributed by atoms with van der Waals surface area (Å²) in [6.07, 6.45) is -0.953. The molecule has 2 atom stereocenters. The van der Waals surface area contributed by atoms with E-state index >= 15 is 0 Å². The van der Waals surface area contributed by atoms with Gasteiger partial charge in [-0.2, -0.15) is 0 Å². The van der Waals surface area contributed by atoms with E-state index in [0.717, 1.165) is 0 Å². The van der Waals surface area contributed by atoms with Crippen molar-refractivity contribution in [1.82, 2.24) is 9.80 Å². The highest BCUT2D eigenvalue weighted by Crippen LogP contribution is 2.16. The molecule has 0 aliphatic carbocycles. The van der Waals surface area contributed by atoms with Gasteiger partial charge in [0, 0.05) is 25.2 Å². The Bertz CT molecular complexity index is 233. The van der Waals surface area contributed by atoms with Gasteiger partial charge in [0.2, 0.25) is 0 Å². The molecule has 1 heterocycles. The predicted octanol–water partition coefficient (Wildman–Crippen LogP) is 1.42. The smallest absolute Gasteiger partial charge is 0.407 e. The summed E-state index contributed by atoms with van der Waals surface area (Å²) >= 11 is 5.37. The van der Waals surface area contributed by atoms with E-state index in [0.29, 0.717) is 13.1 Å². The fourth-order valence-electron chi connectivity index (χ4n) is 1.64. The zero-order valence-corrected chi connectivity index (χ0v) is 8.86. The van der Waals surface area contributed by atoms with Crippen molar-refractivity contribution in [3.63, 3.8) is 0 Å². The molecular weight excluding hydrogens is 208 g/mol. The summed E-state index contributed by atoms with van der Waals surface area (Å²) in [5.74, 6) is 0. The van der Waals surface area contributed by atoms with Gasteiger partial charge in [-0.15, -0.1) is 0 Å². The summed E-state index contributed by atoms with van der Waals surface area (Å²) in [4.78, 5) is 24.5. The lowest BCUT2D eigenvalue weighted by atomic mass is 10.1. The lowest BCUT2D eigenvalue weighted by Gasteiger charge is -2.41. The Hall–Kier alpha value is -0.970. The highest BCUT2D eigenvalue weighted by molar-refractivity contribution is 6.62. The number of hydrogen-bond acceptors (Lipinski definition) is 2. The van der Waals surface area contributed by atoms with E-state index in [1.165, 1.54) is 9.80 Å². The van der Waals surface area contributed by atoms with Crippen molar-refractivity contribution in [1.29, 1.82) is 0 Å². The summed E-state index contributed by atoms with van der Waals surface area (Å²) in [5, 5.41) is 8.32. The number of carboxylic acid groups (broad SMARTS) is 1. The molecule has 0 spiro atoms. The van der Waals surface area contributed by atoms with Crippen LogP contribution in [0.2, 0.25) is 0 Å². The number of nitrogens with zero attached hydrogens (tertiary/aromatic N) is 2. The maximum absolute atomic E-state index is 11.0. The maximum atomic E-state index is 11.0. The zero-order chi connectivity index (χ0) is 10.9. The first-order valence-corrected chi connectivity index (χ1v) is 4.77. The Kier molecular flexibility index (Phi) is 3.21. The van der Waals surface area contributed by atoms with Crippen LogP contribution in [0.4, 0.5) is 9.59 Å². The average molecular weight is 221 g/mol. The van der Waals surface area contributed by atoms with Gasteiger partial charge >= 0.3 is 11.5 Å². The van der Waals surface area contributed by atoms with Crippen LogP contribution in [0, 0.1) is 0 Å². The van der Waals surface area contributed by atoms with Crippen molar-refractivity contribution >= 4 is 23.1 Å². The highest BCUT2D eigenvalue weighted by atomic mass is 35.5. The van der Waals surface area contributed by atoms with Gasteiger partial charge < -0.3 is 14.9 Å². The van der Waals surface area contributed by atoms with Gasteiger partial charge in [-0.3, -0.25) is 4.79 Å². The molecule has 0 aromatic carbocycles. The SMILES string of the molecule is C[C@H]1CN(C(=O)Cl)[C@@H](C)CN1C(=O)O. The molecule has 1 N–H and O–H groups in total. The van der Waals surface area contributed by atoms with Crippen LogP contribution in [0.5, 0.6) is 0 Å². The summed E-state index contributed by atoms with van der Waals surface area (Å²) in [5.41, 5.74) is 0. The number of rotatable bonds is 0. The fourth-order valence-corrected chi connectivity index (χ4v) is 1.87. The average Bonchev–Trinajstić information content (AvgIpc) is 2.07. The van der Waals surface area contributed by atoms with Crippen LogP contribution in [0.3, 0.4) is 0 Å². The second-order valence-electron chi connectivity index (χ2n) is 3.54. The standard InChI is InChI=1S/C8H13ClN2O3/c1-5-4-11(8(13)14)6(2)3-10(5)7(9)12/h5-6H,3-4H2,1-2H3,(H,13,14)/t5-,6-/m0/s1. The number of piperazine rings is 1. The molecule has 80 valence electrons. The molecule has 0 bridgehead atoms. The third-order valence-electron chi connectivity index (χ3n) is 2.46. The molecule has 6 heteroatoms. The molecular formula is C8H13ClN2O3. The van der Waals surface area contributed by atoms with Gasteiger partial charge in [-0.25, -0.2) is 4.79 Å². The van der Waals surface area contributed by atoms with Crippen molar-refractivity contribution < 1.29 is 14.7 Å². The van der Waals surface area contributed by atoms with E-state index < -0.39 is 11.5 Å². The van der Waals surface area contributed by atoms with E-state index in [1.807, 2.05) is 0 Å². The van der Waals surface area contributed by atoms with E-state index in [4.69, 9.17) is 16.7 Å². The normalized spacial score (nSPS) is 27.6. The first-order chi connectivity index (χ1) is 6.43. The number of amides is 2. The Morgan fingerprint density at radius 3 is 2.07 bits per heavy atom. The molecule has 1 aliphatic rings. The minimum Gasteiger partial charge on any atom is -0.465 e. The third kappa shape index (κ3) is 2.09. The van der Waals surface area contributed by atoms with Gasteiger partial charge in [-0.05, 0) is 25.4 Å². The Balaban J connectivity index is 2.71. The van der Waals surface area contributed by atoms with Crippen LogP contribution in [0.15, 0.2) is 0 Å². The van der Waals surface area contributed by atoms with Crippen LogP contribution in [-0.2, 0) is 0 Å². The van der Waals surface area contributed by atoms with E-state index in [1.54, 1.807) is 13.8 Å². The Morgan fingerprint density at radius 2 is 1.64 bits per heavy atom. The molecule has 1 aliphatic heterocycles. The van der Waals surface area contributed by atoms with Crippen molar-refractivity contribution in [2.24, 2.45) is 0 Å². The van der Waals surface area contributed by atoms with Crippen LogP contribution in [0.25, 0.3) is 0 Å². The second kappa shape index (κ2) is 4.04. The van der Waals surface area contributed by atoms with Crippen molar-refractivity contribution in [2.75, 3.05) is 13.1 Å². The molecule has 5 nitrogen and oxygen atoms in total. The summed E-state index contributed by atoms with van der Waals surface area (Å²) in [6, 6.07) is -0.362. The van der Waals surface area contributed by atoms with Gasteiger partial charge in [-0.1, -0.05) is 0 Å². The zero-order valence-electron chi connectivity index (χ0n) is 8.11. The minimum atomic E-state index is -0.953. The minimum absolute atomic E-state index is 0.160. The summed E-state index contributed by atoms with van der Waals surface area (Å²) in [7, 11) is 0. The first-order valence-electron chi connectivity index (χ1n) is 4.39.